The van der Waals surface area contributed by atoms with Gasteiger partial charge in [0.2, 0.25) is 9.84 Å². The van der Waals surface area contributed by atoms with Gasteiger partial charge in [0.1, 0.15) is 0 Å². The lowest BCUT2D eigenvalue weighted by Gasteiger charge is -2.02. The van der Waals surface area contributed by atoms with E-state index in [-0.39, 0.29) is 20.9 Å². The summed E-state index contributed by atoms with van der Waals surface area (Å²) in [6.45, 7) is 0. The molecule has 27 heavy (non-hydrogen) atoms. The van der Waals surface area contributed by atoms with E-state index < -0.39 is 32.4 Å². The molecule has 11 heteroatoms. The molecule has 0 bridgehead atoms. The van der Waals surface area contributed by atoms with E-state index in [0.29, 0.717) is 11.1 Å². The Kier molecular flexibility index (Phi) is 5.76. The van der Waals surface area contributed by atoms with E-state index >= 15 is 0 Å². The summed E-state index contributed by atoms with van der Waals surface area (Å²) in [6, 6.07) is 8.70. The number of carbonyl (C=O) groups excluding carboxylic acids is 2. The molecule has 2 aromatic carbocycles. The molecule has 3 rings (SSSR count). The van der Waals surface area contributed by atoms with Gasteiger partial charge in [0.25, 0.3) is 0 Å². The topological polar surface area (TPSA) is 138 Å². The van der Waals surface area contributed by atoms with Crippen LogP contribution in [0.2, 0.25) is 0 Å². The molecule has 1 aliphatic rings. The Hall–Kier alpha value is -3.05. The molecule has 2 aromatic rings. The Balaban J connectivity index is 0.000000596. The number of rotatable bonds is 2. The summed E-state index contributed by atoms with van der Waals surface area (Å²) in [5.74, 6) is -1.23. The van der Waals surface area contributed by atoms with Gasteiger partial charge in [-0.05, 0) is 24.3 Å². The number of ether oxygens (including phenoxy) is 2. The maximum atomic E-state index is 12.7. The summed E-state index contributed by atoms with van der Waals surface area (Å²) in [5, 5.41) is 0. The second kappa shape index (κ2) is 7.68. The van der Waals surface area contributed by atoms with Crippen LogP contribution in [0.3, 0.4) is 0 Å². The summed E-state index contributed by atoms with van der Waals surface area (Å²) >= 11 is 0. The Morgan fingerprint density at radius 1 is 0.778 bits per heavy atom. The zero-order valence-electron chi connectivity index (χ0n) is 14.0. The molecular formula is C16H12O9S2. The van der Waals surface area contributed by atoms with Crippen LogP contribution in [0.25, 0.3) is 11.1 Å². The number of methoxy groups -OCH3 is 2. The number of fused-ring (bicyclic) bond motifs is 3. The fourth-order valence-corrected chi connectivity index (χ4v) is 4.28. The largest absolute Gasteiger partial charge is 0.465 e. The second-order valence-electron chi connectivity index (χ2n) is 5.11. The molecule has 0 saturated carbocycles. The third-order valence-corrected chi connectivity index (χ3v) is 5.51. The Morgan fingerprint density at radius 2 is 1.11 bits per heavy atom. The lowest BCUT2D eigenvalue weighted by Crippen LogP contribution is -2.05. The fraction of sp³-hybridized carbons (Fsp3) is 0.125. The molecule has 0 N–H and O–H groups in total. The van der Waals surface area contributed by atoms with Crippen molar-refractivity contribution in [1.82, 2.24) is 0 Å². The highest BCUT2D eigenvalue weighted by atomic mass is 32.2. The average molecular weight is 412 g/mol. The Morgan fingerprint density at radius 3 is 1.41 bits per heavy atom. The monoisotopic (exact) mass is 412 g/mol. The van der Waals surface area contributed by atoms with Crippen molar-refractivity contribution in [2.24, 2.45) is 0 Å². The van der Waals surface area contributed by atoms with Crippen LogP contribution >= 0.6 is 0 Å². The fourth-order valence-electron chi connectivity index (χ4n) is 2.54. The highest BCUT2D eigenvalue weighted by Crippen LogP contribution is 2.43. The number of hydrogen-bond acceptors (Lipinski definition) is 9. The third kappa shape index (κ3) is 3.88. The molecule has 0 saturated heterocycles. The molecule has 0 aromatic heterocycles. The Bertz CT molecular complexity index is 1070. The van der Waals surface area contributed by atoms with Gasteiger partial charge in [0.05, 0.1) is 35.1 Å². The van der Waals surface area contributed by atoms with Crippen molar-refractivity contribution >= 4 is 32.4 Å². The van der Waals surface area contributed by atoms with Crippen LogP contribution in [0.1, 0.15) is 20.7 Å². The van der Waals surface area contributed by atoms with E-state index in [2.05, 4.69) is 9.47 Å². The smallest absolute Gasteiger partial charge is 0.425 e. The van der Waals surface area contributed by atoms with Crippen molar-refractivity contribution in [2.75, 3.05) is 14.2 Å². The van der Waals surface area contributed by atoms with Crippen LogP contribution in [-0.4, -0.2) is 47.2 Å². The van der Waals surface area contributed by atoms with E-state index in [0.717, 1.165) is 0 Å². The van der Waals surface area contributed by atoms with Crippen LogP contribution in [0.5, 0.6) is 0 Å². The summed E-state index contributed by atoms with van der Waals surface area (Å²) in [6.07, 6.45) is 0. The number of carbonyl (C=O) groups is 2. The summed E-state index contributed by atoms with van der Waals surface area (Å²) in [4.78, 5) is 23.3. The van der Waals surface area contributed by atoms with Gasteiger partial charge in [-0.25, -0.2) is 18.0 Å². The van der Waals surface area contributed by atoms with Crippen LogP contribution in [0, 0.1) is 0 Å². The number of benzene rings is 2. The molecular weight excluding hydrogens is 400 g/mol. The highest BCUT2D eigenvalue weighted by Gasteiger charge is 2.34. The predicted octanol–water partition coefficient (Wildman–Crippen LogP) is 1.07. The van der Waals surface area contributed by atoms with E-state index in [4.69, 9.17) is 12.6 Å². The predicted molar refractivity (Wildman–Crippen MR) is 89.7 cm³/mol. The maximum Gasteiger partial charge on any atom is 0.425 e. The average Bonchev–Trinajstić information content (AvgIpc) is 2.86. The minimum atomic E-state index is -3.81. The number of hydrogen-bond donors (Lipinski definition) is 0. The quantitative estimate of drug-likeness (QED) is 0.566. The minimum absolute atomic E-state index is 0.0254. The molecule has 0 spiro atoms. The molecule has 0 radical (unpaired) electrons. The summed E-state index contributed by atoms with van der Waals surface area (Å²) in [7, 11) is -4.47. The zero-order chi connectivity index (χ0) is 20.4. The molecule has 0 amide bonds. The lowest BCUT2D eigenvalue weighted by atomic mass is 10.0. The number of sulfone groups is 1. The normalized spacial score (nSPS) is 12.7. The lowest BCUT2D eigenvalue weighted by molar-refractivity contribution is 0.0591. The minimum Gasteiger partial charge on any atom is -0.465 e. The third-order valence-electron chi connectivity index (χ3n) is 3.67. The second-order valence-corrected chi connectivity index (χ2v) is 7.41. The van der Waals surface area contributed by atoms with Crippen molar-refractivity contribution < 1.29 is 40.1 Å². The van der Waals surface area contributed by atoms with E-state index in [1.807, 2.05) is 0 Å². The molecule has 0 unspecified atom stereocenters. The number of esters is 2. The first-order valence-electron chi connectivity index (χ1n) is 7.10. The standard InChI is InChI=1S/C16H12O6S.O3S/c1-21-15(17)9-3-5-11-12-6-4-10(16(18)22-2)8-14(12)23(19,20)13(11)7-9;1-4(2)3/h3-8H,1-2H3;. The molecule has 1 aliphatic heterocycles. The van der Waals surface area contributed by atoms with Crippen molar-refractivity contribution in [3.8, 4) is 11.1 Å². The van der Waals surface area contributed by atoms with Gasteiger partial charge in [-0.3, -0.25) is 0 Å². The molecule has 142 valence electrons. The van der Waals surface area contributed by atoms with Gasteiger partial charge in [-0.15, -0.1) is 12.6 Å². The SMILES string of the molecule is COC(=O)c1ccc2c(c1)S(=O)(=O)c1cc(C(=O)OC)ccc1-2.O=S(=O)=O. The molecule has 0 atom stereocenters. The van der Waals surface area contributed by atoms with Gasteiger partial charge in [0.15, 0.2) is 0 Å². The van der Waals surface area contributed by atoms with Crippen molar-refractivity contribution in [3.63, 3.8) is 0 Å². The zero-order valence-corrected chi connectivity index (χ0v) is 15.6. The molecule has 0 aliphatic carbocycles. The van der Waals surface area contributed by atoms with Crippen LogP contribution in [-0.2, 0) is 29.9 Å². The van der Waals surface area contributed by atoms with Crippen molar-refractivity contribution in [3.05, 3.63) is 47.5 Å². The van der Waals surface area contributed by atoms with Gasteiger partial charge in [-0.1, -0.05) is 12.1 Å². The van der Waals surface area contributed by atoms with Crippen molar-refractivity contribution in [1.29, 1.82) is 0 Å². The first kappa shape index (κ1) is 20.3. The Labute approximate surface area is 155 Å². The van der Waals surface area contributed by atoms with E-state index in [9.17, 15) is 18.0 Å². The molecule has 1 heterocycles. The van der Waals surface area contributed by atoms with E-state index in [1.54, 1.807) is 12.1 Å². The first-order chi connectivity index (χ1) is 12.6. The van der Waals surface area contributed by atoms with E-state index in [1.165, 1.54) is 38.5 Å². The summed E-state index contributed by atoms with van der Waals surface area (Å²) in [5.41, 5.74) is 1.28. The molecule has 0 fully saturated rings. The highest BCUT2D eigenvalue weighted by molar-refractivity contribution is 7.92. The summed E-state index contributed by atoms with van der Waals surface area (Å²) < 4.78 is 60.0. The van der Waals surface area contributed by atoms with Gasteiger partial charge in [-0.2, -0.15) is 0 Å². The molecule has 9 nitrogen and oxygen atoms in total. The van der Waals surface area contributed by atoms with Crippen LogP contribution < -0.4 is 0 Å². The van der Waals surface area contributed by atoms with Crippen molar-refractivity contribution in [2.45, 2.75) is 9.79 Å². The first-order valence-corrected chi connectivity index (χ1v) is 9.58. The van der Waals surface area contributed by atoms with Gasteiger partial charge < -0.3 is 9.47 Å². The van der Waals surface area contributed by atoms with Gasteiger partial charge in [0, 0.05) is 11.1 Å². The van der Waals surface area contributed by atoms with Crippen LogP contribution in [0.4, 0.5) is 0 Å². The van der Waals surface area contributed by atoms with Gasteiger partial charge >= 0.3 is 22.5 Å². The van der Waals surface area contributed by atoms with Crippen LogP contribution in [0.15, 0.2) is 46.2 Å². The maximum absolute atomic E-state index is 12.7.